The van der Waals surface area contributed by atoms with Crippen LogP contribution in [0.25, 0.3) is 12.2 Å². The Morgan fingerprint density at radius 3 is 1.70 bits per heavy atom. The Labute approximate surface area is 278 Å². The number of benzene rings is 2. The van der Waals surface area contributed by atoms with Crippen molar-refractivity contribution < 1.29 is 47.5 Å². The van der Waals surface area contributed by atoms with Crippen LogP contribution in [-0.4, -0.2) is 65.2 Å². The third-order valence-electron chi connectivity index (χ3n) is 7.16. The van der Waals surface area contributed by atoms with E-state index in [1.165, 1.54) is 12.2 Å². The van der Waals surface area contributed by atoms with Crippen molar-refractivity contribution in [2.45, 2.75) is 58.8 Å². The van der Waals surface area contributed by atoms with Gasteiger partial charge in [0, 0.05) is 18.6 Å². The number of rotatable bonds is 22. The normalized spacial score (nSPS) is 12.7. The number of ether oxygens (including phenoxy) is 7. The van der Waals surface area contributed by atoms with Crippen molar-refractivity contribution in [3.8, 4) is 23.0 Å². The molecule has 0 bridgehead atoms. The summed E-state index contributed by atoms with van der Waals surface area (Å²) >= 11 is 0. The predicted molar refractivity (Wildman–Crippen MR) is 179 cm³/mol. The van der Waals surface area contributed by atoms with Crippen LogP contribution in [-0.2, 0) is 28.6 Å². The van der Waals surface area contributed by atoms with Gasteiger partial charge < -0.3 is 33.2 Å². The van der Waals surface area contributed by atoms with Crippen LogP contribution in [0.15, 0.2) is 48.6 Å². The largest absolute Gasteiger partial charge is 0.493 e. The first-order valence-electron chi connectivity index (χ1n) is 16.3. The lowest BCUT2D eigenvalue weighted by atomic mass is 10.2. The molecule has 47 heavy (non-hydrogen) atoms. The van der Waals surface area contributed by atoms with Crippen LogP contribution in [0.4, 0.5) is 0 Å². The van der Waals surface area contributed by atoms with Crippen molar-refractivity contribution in [3.05, 3.63) is 59.7 Å². The molecule has 0 spiro atoms. The van der Waals surface area contributed by atoms with Gasteiger partial charge in [0.25, 0.3) is 0 Å². The number of hydrogen-bond acceptors (Lipinski definition) is 10. The number of hydrogen-bond donors (Lipinski definition) is 0. The fourth-order valence-corrected chi connectivity index (χ4v) is 4.22. The zero-order valence-corrected chi connectivity index (χ0v) is 28.0. The molecule has 0 unspecified atom stereocenters. The van der Waals surface area contributed by atoms with E-state index in [9.17, 15) is 14.4 Å². The summed E-state index contributed by atoms with van der Waals surface area (Å²) in [5, 5.41) is 0. The lowest BCUT2D eigenvalue weighted by Crippen LogP contribution is -2.12. The van der Waals surface area contributed by atoms with E-state index in [0.29, 0.717) is 61.8 Å². The maximum Gasteiger partial charge on any atom is 0.330 e. The number of methoxy groups -OCH3 is 2. The van der Waals surface area contributed by atoms with E-state index in [-0.39, 0.29) is 24.5 Å². The number of carbonyl (C=O) groups is 3. The minimum atomic E-state index is -0.465. The Kier molecular flexibility index (Phi) is 16.2. The van der Waals surface area contributed by atoms with Gasteiger partial charge in [-0.1, -0.05) is 26.0 Å². The molecule has 0 atom stereocenters. The summed E-state index contributed by atoms with van der Waals surface area (Å²) in [6.45, 7) is 5.64. The summed E-state index contributed by atoms with van der Waals surface area (Å²) in [6, 6.07) is 10.8. The van der Waals surface area contributed by atoms with Gasteiger partial charge in [-0.15, -0.1) is 0 Å². The second-order valence-electron chi connectivity index (χ2n) is 11.5. The fourth-order valence-electron chi connectivity index (χ4n) is 4.22. The van der Waals surface area contributed by atoms with Crippen molar-refractivity contribution in [1.29, 1.82) is 0 Å². The second kappa shape index (κ2) is 20.6. The Morgan fingerprint density at radius 2 is 1.17 bits per heavy atom. The van der Waals surface area contributed by atoms with E-state index in [2.05, 4.69) is 0 Å². The van der Waals surface area contributed by atoms with E-state index in [1.807, 2.05) is 32.0 Å². The average Bonchev–Trinajstić information content (AvgIpc) is 3.91. The van der Waals surface area contributed by atoms with Crippen LogP contribution in [0, 0.1) is 11.8 Å². The monoisotopic (exact) mass is 652 g/mol. The molecule has 10 nitrogen and oxygen atoms in total. The molecule has 256 valence electrons. The summed E-state index contributed by atoms with van der Waals surface area (Å²) < 4.78 is 38.3. The van der Waals surface area contributed by atoms with Gasteiger partial charge >= 0.3 is 17.9 Å². The molecule has 1 aliphatic rings. The summed E-state index contributed by atoms with van der Waals surface area (Å²) in [4.78, 5) is 35.6. The first kappa shape index (κ1) is 37.0. The smallest absolute Gasteiger partial charge is 0.330 e. The van der Waals surface area contributed by atoms with Crippen molar-refractivity contribution in [1.82, 2.24) is 0 Å². The molecule has 2 aromatic rings. The van der Waals surface area contributed by atoms with Crippen molar-refractivity contribution in [3.63, 3.8) is 0 Å². The van der Waals surface area contributed by atoms with Crippen LogP contribution in [0.2, 0.25) is 0 Å². The minimum Gasteiger partial charge on any atom is -0.493 e. The molecule has 0 aromatic heterocycles. The first-order chi connectivity index (χ1) is 22.8. The molecular formula is C37H48O10. The van der Waals surface area contributed by atoms with Crippen LogP contribution < -0.4 is 18.9 Å². The Balaban J connectivity index is 1.31. The van der Waals surface area contributed by atoms with E-state index < -0.39 is 5.97 Å². The molecule has 1 fully saturated rings. The topological polar surface area (TPSA) is 116 Å². The molecule has 3 rings (SSSR count). The molecule has 1 saturated carbocycles. The van der Waals surface area contributed by atoms with Crippen molar-refractivity contribution >= 4 is 30.1 Å². The summed E-state index contributed by atoms with van der Waals surface area (Å²) in [5.41, 5.74) is 1.55. The van der Waals surface area contributed by atoms with Gasteiger partial charge in [-0.3, -0.25) is 4.79 Å². The molecule has 0 heterocycles. The molecular weight excluding hydrogens is 604 g/mol. The maximum atomic E-state index is 12.2. The zero-order chi connectivity index (χ0) is 33.9. The highest BCUT2D eigenvalue weighted by Crippen LogP contribution is 2.30. The third kappa shape index (κ3) is 14.7. The molecule has 0 saturated heterocycles. The molecule has 0 radical (unpaired) electrons. The van der Waals surface area contributed by atoms with E-state index in [0.717, 1.165) is 49.7 Å². The van der Waals surface area contributed by atoms with Crippen LogP contribution >= 0.6 is 0 Å². The van der Waals surface area contributed by atoms with Crippen LogP contribution in [0.3, 0.4) is 0 Å². The van der Waals surface area contributed by atoms with Gasteiger partial charge in [-0.2, -0.15) is 0 Å². The average molecular weight is 653 g/mol. The lowest BCUT2D eigenvalue weighted by molar-refractivity contribution is -0.147. The van der Waals surface area contributed by atoms with Gasteiger partial charge in [0.1, 0.15) is 0 Å². The Morgan fingerprint density at radius 1 is 0.660 bits per heavy atom. The van der Waals surface area contributed by atoms with Crippen molar-refractivity contribution in [2.75, 3.05) is 47.3 Å². The standard InChI is InChI=1S/C37H48O10/c1-27(2)37(40)46-21-8-6-5-7-20-43-31-16-12-28(24-33(31)41-3)14-18-35(38)45-23-9-22-44-32-17-13-29(25-34(32)42-4)15-19-36(39)47-26-30-10-11-30/h12-19,24-25,27,30H,5-11,20-23,26H2,1-4H3/b18-14+,19-15+. The lowest BCUT2D eigenvalue weighted by Gasteiger charge is -2.12. The first-order valence-corrected chi connectivity index (χ1v) is 16.3. The number of unbranched alkanes of at least 4 members (excludes halogenated alkanes) is 3. The Hall–Kier alpha value is -4.47. The molecule has 0 amide bonds. The highest BCUT2D eigenvalue weighted by atomic mass is 16.5. The summed E-state index contributed by atoms with van der Waals surface area (Å²) in [7, 11) is 3.12. The molecule has 10 heteroatoms. The van der Waals surface area contributed by atoms with Crippen LogP contribution in [0.5, 0.6) is 23.0 Å². The minimum absolute atomic E-state index is 0.0981. The Bertz CT molecular complexity index is 1340. The van der Waals surface area contributed by atoms with Crippen molar-refractivity contribution in [2.24, 2.45) is 11.8 Å². The quantitative estimate of drug-likeness (QED) is 0.0580. The zero-order valence-electron chi connectivity index (χ0n) is 28.0. The van der Waals surface area contributed by atoms with Gasteiger partial charge in [0.05, 0.1) is 53.2 Å². The second-order valence-corrected chi connectivity index (χ2v) is 11.5. The van der Waals surface area contributed by atoms with Crippen LogP contribution in [0.1, 0.15) is 69.9 Å². The molecule has 0 aliphatic heterocycles. The molecule has 2 aromatic carbocycles. The number of esters is 3. The van der Waals surface area contributed by atoms with Gasteiger partial charge in [0.2, 0.25) is 0 Å². The fraction of sp³-hybridized carbons (Fsp3) is 0.486. The van der Waals surface area contributed by atoms with E-state index in [1.54, 1.807) is 44.6 Å². The van der Waals surface area contributed by atoms with Gasteiger partial charge in [-0.25, -0.2) is 9.59 Å². The molecule has 0 N–H and O–H groups in total. The third-order valence-corrected chi connectivity index (χ3v) is 7.16. The number of carbonyl (C=O) groups excluding carboxylic acids is 3. The highest BCUT2D eigenvalue weighted by Gasteiger charge is 2.22. The maximum absolute atomic E-state index is 12.2. The van der Waals surface area contributed by atoms with Gasteiger partial charge in [-0.05, 0) is 92.0 Å². The highest BCUT2D eigenvalue weighted by molar-refractivity contribution is 5.87. The van der Waals surface area contributed by atoms with E-state index in [4.69, 9.17) is 33.2 Å². The van der Waals surface area contributed by atoms with E-state index >= 15 is 0 Å². The van der Waals surface area contributed by atoms with Gasteiger partial charge in [0.15, 0.2) is 23.0 Å². The predicted octanol–water partition coefficient (Wildman–Crippen LogP) is 6.83. The SMILES string of the molecule is COc1cc(/C=C/C(=O)OCCCOc2ccc(/C=C/C(=O)OCC3CC3)cc2OC)ccc1OCCCCCCOC(=O)C(C)C. The molecule has 1 aliphatic carbocycles. The summed E-state index contributed by atoms with van der Waals surface area (Å²) in [6.07, 6.45) is 12.5. The summed E-state index contributed by atoms with van der Waals surface area (Å²) in [5.74, 6) is 1.72.